The van der Waals surface area contributed by atoms with E-state index in [2.05, 4.69) is 5.32 Å². The molecule has 108 valence electrons. The molecule has 0 saturated heterocycles. The van der Waals surface area contributed by atoms with Crippen molar-refractivity contribution in [3.63, 3.8) is 0 Å². The maximum Gasteiger partial charge on any atom is 0.269 e. The third-order valence-electron chi connectivity index (χ3n) is 3.51. The maximum absolute atomic E-state index is 10.9. The molecular weight excluding hydrogens is 268 g/mol. The van der Waals surface area contributed by atoms with E-state index < -0.39 is 4.92 Å². The van der Waals surface area contributed by atoms with Gasteiger partial charge >= 0.3 is 0 Å². The van der Waals surface area contributed by atoms with E-state index >= 15 is 0 Å². The zero-order valence-electron chi connectivity index (χ0n) is 11.6. The number of non-ortho nitro benzene ring substituents is 1. The van der Waals surface area contributed by atoms with Gasteiger partial charge in [-0.25, -0.2) is 0 Å². The minimum atomic E-state index is -0.436. The van der Waals surface area contributed by atoms with Gasteiger partial charge in [-0.2, -0.15) is 0 Å². The molecule has 5 heteroatoms. The summed E-state index contributed by atoms with van der Waals surface area (Å²) >= 11 is 0. The Morgan fingerprint density at radius 2 is 1.76 bits per heavy atom. The number of nitrogens with zero attached hydrogens (tertiary/aromatic N) is 1. The highest BCUT2D eigenvalue weighted by atomic mass is 16.6. The van der Waals surface area contributed by atoms with Crippen molar-refractivity contribution in [3.8, 4) is 0 Å². The Balaban J connectivity index is 2.36. The lowest BCUT2D eigenvalue weighted by Gasteiger charge is -2.24. The zero-order chi connectivity index (χ0) is 15.2. The first kappa shape index (κ1) is 14.7. The Kier molecular flexibility index (Phi) is 4.66. The molecule has 5 nitrogen and oxygen atoms in total. The normalized spacial score (nSPS) is 13.2. The zero-order valence-corrected chi connectivity index (χ0v) is 11.6. The van der Waals surface area contributed by atoms with Gasteiger partial charge in [0.1, 0.15) is 0 Å². The van der Waals surface area contributed by atoms with Crippen LogP contribution in [-0.2, 0) is 4.79 Å². The van der Waals surface area contributed by atoms with Crippen molar-refractivity contribution in [1.82, 2.24) is 5.32 Å². The van der Waals surface area contributed by atoms with Crippen molar-refractivity contribution in [2.75, 3.05) is 0 Å². The quantitative estimate of drug-likeness (QED) is 0.503. The predicted octanol–water partition coefficient (Wildman–Crippen LogP) is 3.19. The van der Waals surface area contributed by atoms with E-state index in [1.54, 1.807) is 12.1 Å². The molecule has 2 rings (SSSR count). The van der Waals surface area contributed by atoms with Gasteiger partial charge < -0.3 is 5.32 Å². The van der Waals surface area contributed by atoms with Crippen LogP contribution < -0.4 is 5.32 Å². The molecule has 2 unspecified atom stereocenters. The number of carbonyl (C=O) groups excluding carboxylic acids is 1. The maximum atomic E-state index is 10.9. The summed E-state index contributed by atoms with van der Waals surface area (Å²) in [4.78, 5) is 21.4. The molecule has 1 N–H and O–H groups in total. The molecular formula is C16H16N2O3. The highest BCUT2D eigenvalue weighted by molar-refractivity contribution is 5.49. The van der Waals surface area contributed by atoms with Crippen molar-refractivity contribution >= 4 is 12.1 Å². The van der Waals surface area contributed by atoms with E-state index in [0.717, 1.165) is 5.56 Å². The Hall–Kier alpha value is -2.69. The van der Waals surface area contributed by atoms with Crippen LogP contribution >= 0.6 is 0 Å². The van der Waals surface area contributed by atoms with Crippen LogP contribution in [0.3, 0.4) is 0 Å². The lowest BCUT2D eigenvalue weighted by molar-refractivity contribution is -0.384. The number of nitro groups is 1. The van der Waals surface area contributed by atoms with Gasteiger partial charge in [0, 0.05) is 18.1 Å². The molecule has 0 heterocycles. The van der Waals surface area contributed by atoms with Crippen molar-refractivity contribution in [1.29, 1.82) is 0 Å². The summed E-state index contributed by atoms with van der Waals surface area (Å²) in [6, 6.07) is 15.8. The molecule has 0 radical (unpaired) electrons. The summed E-state index contributed by atoms with van der Waals surface area (Å²) in [6.07, 6.45) is 0.628. The second-order valence-electron chi connectivity index (χ2n) is 4.81. The molecule has 0 aliphatic rings. The standard InChI is InChI=1S/C16H16N2O3/c1-12(13-6-3-2-4-7-13)16(17-11-19)14-8-5-9-15(10-14)18(20)21/h2-12,16H,1H3,(H,17,19). The fourth-order valence-electron chi connectivity index (χ4n) is 2.38. The van der Waals surface area contributed by atoms with E-state index in [1.165, 1.54) is 12.1 Å². The van der Waals surface area contributed by atoms with Crippen LogP contribution in [0.5, 0.6) is 0 Å². The van der Waals surface area contributed by atoms with Crippen LogP contribution in [-0.4, -0.2) is 11.3 Å². The first-order valence-electron chi connectivity index (χ1n) is 6.62. The SMILES string of the molecule is CC(c1ccccc1)C(NC=O)c1cccc([N+](=O)[O-])c1. The van der Waals surface area contributed by atoms with Gasteiger partial charge in [-0.1, -0.05) is 49.4 Å². The van der Waals surface area contributed by atoms with Crippen LogP contribution in [0.4, 0.5) is 5.69 Å². The first-order valence-corrected chi connectivity index (χ1v) is 6.62. The Bertz CT molecular complexity index is 628. The fourth-order valence-corrected chi connectivity index (χ4v) is 2.38. The Labute approximate surface area is 122 Å². The van der Waals surface area contributed by atoms with Gasteiger partial charge in [0.2, 0.25) is 6.41 Å². The first-order chi connectivity index (χ1) is 10.1. The highest BCUT2D eigenvalue weighted by Crippen LogP contribution is 2.31. The van der Waals surface area contributed by atoms with Crippen molar-refractivity contribution < 1.29 is 9.72 Å². The molecule has 0 saturated carbocycles. The number of rotatable bonds is 6. The Morgan fingerprint density at radius 3 is 2.38 bits per heavy atom. The third-order valence-corrected chi connectivity index (χ3v) is 3.51. The second-order valence-corrected chi connectivity index (χ2v) is 4.81. The molecule has 21 heavy (non-hydrogen) atoms. The van der Waals surface area contributed by atoms with Crippen LogP contribution in [0.1, 0.15) is 30.0 Å². The van der Waals surface area contributed by atoms with Gasteiger partial charge in [0.15, 0.2) is 0 Å². The monoisotopic (exact) mass is 284 g/mol. The minimum absolute atomic E-state index is 0.00148. The number of benzene rings is 2. The van der Waals surface area contributed by atoms with Crippen molar-refractivity contribution in [2.24, 2.45) is 0 Å². The molecule has 2 aromatic rings. The second kappa shape index (κ2) is 6.65. The highest BCUT2D eigenvalue weighted by Gasteiger charge is 2.21. The molecule has 0 fully saturated rings. The molecule has 0 aliphatic heterocycles. The summed E-state index contributed by atoms with van der Waals surface area (Å²) < 4.78 is 0. The summed E-state index contributed by atoms with van der Waals surface area (Å²) in [5.74, 6) is -0.00148. The van der Waals surface area contributed by atoms with E-state index in [-0.39, 0.29) is 17.6 Å². The van der Waals surface area contributed by atoms with Crippen LogP contribution in [0.25, 0.3) is 0 Å². The molecule has 0 aromatic heterocycles. The molecule has 1 amide bonds. The van der Waals surface area contributed by atoms with Crippen LogP contribution in [0, 0.1) is 10.1 Å². The molecule has 2 atom stereocenters. The summed E-state index contributed by atoms with van der Waals surface area (Å²) in [7, 11) is 0. The minimum Gasteiger partial charge on any atom is -0.351 e. The Morgan fingerprint density at radius 1 is 1.10 bits per heavy atom. The average molecular weight is 284 g/mol. The van der Waals surface area contributed by atoms with E-state index in [1.807, 2.05) is 37.3 Å². The average Bonchev–Trinajstić information content (AvgIpc) is 2.53. The predicted molar refractivity (Wildman–Crippen MR) is 79.9 cm³/mol. The van der Waals surface area contributed by atoms with Crippen molar-refractivity contribution in [2.45, 2.75) is 18.9 Å². The van der Waals surface area contributed by atoms with Gasteiger partial charge in [-0.05, 0) is 11.1 Å². The van der Waals surface area contributed by atoms with E-state index in [0.29, 0.717) is 12.0 Å². The van der Waals surface area contributed by atoms with E-state index in [9.17, 15) is 14.9 Å². The number of amides is 1. The number of carbonyl (C=O) groups is 1. The lowest BCUT2D eigenvalue weighted by Crippen LogP contribution is -2.24. The van der Waals surface area contributed by atoms with E-state index in [4.69, 9.17) is 0 Å². The van der Waals surface area contributed by atoms with Gasteiger partial charge in [-0.3, -0.25) is 14.9 Å². The molecule has 0 bridgehead atoms. The van der Waals surface area contributed by atoms with Gasteiger partial charge in [0.05, 0.1) is 11.0 Å². The summed E-state index contributed by atoms with van der Waals surface area (Å²) in [5.41, 5.74) is 1.79. The van der Waals surface area contributed by atoms with Crippen LogP contribution in [0.2, 0.25) is 0 Å². The van der Waals surface area contributed by atoms with Crippen molar-refractivity contribution in [3.05, 3.63) is 75.8 Å². The topological polar surface area (TPSA) is 72.2 Å². The largest absolute Gasteiger partial charge is 0.351 e. The number of nitrogens with one attached hydrogen (secondary N) is 1. The third kappa shape index (κ3) is 3.45. The molecule has 2 aromatic carbocycles. The smallest absolute Gasteiger partial charge is 0.269 e. The summed E-state index contributed by atoms with van der Waals surface area (Å²) in [6.45, 7) is 1.98. The number of nitro benzene ring substituents is 1. The number of hydrogen-bond acceptors (Lipinski definition) is 3. The van der Waals surface area contributed by atoms with Crippen LogP contribution in [0.15, 0.2) is 54.6 Å². The molecule has 0 spiro atoms. The number of hydrogen-bond donors (Lipinski definition) is 1. The van der Waals surface area contributed by atoms with Gasteiger partial charge in [-0.15, -0.1) is 0 Å². The van der Waals surface area contributed by atoms with Gasteiger partial charge in [0.25, 0.3) is 5.69 Å². The molecule has 0 aliphatic carbocycles. The lowest BCUT2D eigenvalue weighted by atomic mass is 9.88. The fraction of sp³-hybridized carbons (Fsp3) is 0.188. The summed E-state index contributed by atoms with van der Waals surface area (Å²) in [5, 5.41) is 13.6.